The minimum atomic E-state index is -0.851. The summed E-state index contributed by atoms with van der Waals surface area (Å²) in [5, 5.41) is 7.83. The van der Waals surface area contributed by atoms with Gasteiger partial charge in [0.25, 0.3) is 0 Å². The first kappa shape index (κ1) is 23.3. The Labute approximate surface area is 190 Å². The number of rotatable bonds is 7. The van der Waals surface area contributed by atoms with Crippen molar-refractivity contribution in [2.24, 2.45) is 0 Å². The van der Waals surface area contributed by atoms with E-state index in [1.165, 1.54) is 13.5 Å². The zero-order chi connectivity index (χ0) is 23.8. The lowest BCUT2D eigenvalue weighted by molar-refractivity contribution is -0.133. The van der Waals surface area contributed by atoms with Gasteiger partial charge in [0.1, 0.15) is 5.75 Å². The van der Waals surface area contributed by atoms with Gasteiger partial charge in [-0.1, -0.05) is 18.2 Å². The molecule has 1 heterocycles. The number of methoxy groups -OCH3 is 1. The number of ether oxygens (including phenoxy) is 1. The number of hydrogen-bond donors (Lipinski definition) is 3. The topological polar surface area (TPSA) is 123 Å². The van der Waals surface area contributed by atoms with Crippen LogP contribution in [0.15, 0.2) is 71.2 Å². The zero-order valence-corrected chi connectivity index (χ0v) is 18.5. The predicted molar refractivity (Wildman–Crippen MR) is 123 cm³/mol. The molecule has 1 aromatic heterocycles. The van der Waals surface area contributed by atoms with Crippen LogP contribution in [0, 0.1) is 0 Å². The molecule has 3 rings (SSSR count). The predicted octanol–water partition coefficient (Wildman–Crippen LogP) is 3.51. The maximum absolute atomic E-state index is 12.4. The fourth-order valence-electron chi connectivity index (χ4n) is 2.98. The van der Waals surface area contributed by atoms with Crippen molar-refractivity contribution >= 4 is 29.1 Å². The van der Waals surface area contributed by atoms with E-state index >= 15 is 0 Å². The van der Waals surface area contributed by atoms with E-state index in [1.807, 2.05) is 6.92 Å². The normalized spacial score (nSPS) is 10.9. The molecule has 3 amide bonds. The molecule has 0 saturated heterocycles. The van der Waals surface area contributed by atoms with Gasteiger partial charge in [-0.15, -0.1) is 0 Å². The Morgan fingerprint density at radius 2 is 1.79 bits per heavy atom. The van der Waals surface area contributed by atoms with Crippen LogP contribution < -0.4 is 20.7 Å². The van der Waals surface area contributed by atoms with Crippen LogP contribution in [0.3, 0.4) is 0 Å². The molecule has 0 fully saturated rings. The number of allylic oxidation sites excluding steroid dienone is 2. The van der Waals surface area contributed by atoms with Gasteiger partial charge < -0.3 is 25.1 Å². The number of oxazole rings is 1. The molecule has 0 unspecified atom stereocenters. The average molecular weight is 448 g/mol. The molecule has 9 nitrogen and oxygen atoms in total. The average Bonchev–Trinajstić information content (AvgIpc) is 3.33. The number of nitrogens with zero attached hydrogens (tertiary/aromatic N) is 1. The van der Waals surface area contributed by atoms with E-state index in [2.05, 4.69) is 20.9 Å². The van der Waals surface area contributed by atoms with Gasteiger partial charge >= 0.3 is 11.8 Å². The monoisotopic (exact) mass is 448 g/mol. The summed E-state index contributed by atoms with van der Waals surface area (Å²) in [6.45, 7) is 3.63. The quantitative estimate of drug-likeness (QED) is 0.476. The molecule has 33 heavy (non-hydrogen) atoms. The summed E-state index contributed by atoms with van der Waals surface area (Å²) in [7, 11) is 1.49. The van der Waals surface area contributed by atoms with Crippen molar-refractivity contribution in [1.82, 2.24) is 10.3 Å². The van der Waals surface area contributed by atoms with E-state index in [0.717, 1.165) is 5.70 Å². The molecule has 3 N–H and O–H groups in total. The highest BCUT2D eigenvalue weighted by atomic mass is 16.5. The molecule has 3 aromatic rings. The number of aromatic nitrogens is 1. The van der Waals surface area contributed by atoms with E-state index in [-0.39, 0.29) is 12.3 Å². The van der Waals surface area contributed by atoms with Crippen LogP contribution in [0.5, 0.6) is 5.75 Å². The van der Waals surface area contributed by atoms with E-state index in [9.17, 15) is 14.4 Å². The van der Waals surface area contributed by atoms with Gasteiger partial charge in [-0.3, -0.25) is 14.4 Å². The summed E-state index contributed by atoms with van der Waals surface area (Å²) in [5.41, 5.74) is 2.89. The van der Waals surface area contributed by atoms with Crippen LogP contribution >= 0.6 is 0 Å². The van der Waals surface area contributed by atoms with E-state index in [4.69, 9.17) is 9.15 Å². The van der Waals surface area contributed by atoms with Gasteiger partial charge in [0, 0.05) is 23.1 Å². The van der Waals surface area contributed by atoms with Crippen LogP contribution in [0.2, 0.25) is 0 Å². The molecule has 9 heteroatoms. The van der Waals surface area contributed by atoms with E-state index in [0.29, 0.717) is 34.0 Å². The summed E-state index contributed by atoms with van der Waals surface area (Å²) in [6.07, 6.45) is 4.78. The third-order valence-corrected chi connectivity index (χ3v) is 4.68. The fourth-order valence-corrected chi connectivity index (χ4v) is 2.98. The SMILES string of the molecule is C/C=C(\C)NC(=O)Cc1cccc(NC(=O)C(=O)Nc2ccc(-c3cnco3)c(OC)c2)c1. The molecule has 0 radical (unpaired) electrons. The van der Waals surface area contributed by atoms with Crippen molar-refractivity contribution in [3.63, 3.8) is 0 Å². The van der Waals surface area contributed by atoms with E-state index < -0.39 is 11.8 Å². The third kappa shape index (κ3) is 6.30. The largest absolute Gasteiger partial charge is 0.496 e. The van der Waals surface area contributed by atoms with Gasteiger partial charge in [0.05, 0.1) is 25.3 Å². The number of hydrogen-bond acceptors (Lipinski definition) is 6. The Balaban J connectivity index is 1.63. The summed E-state index contributed by atoms with van der Waals surface area (Å²) < 4.78 is 10.6. The molecular weight excluding hydrogens is 424 g/mol. The molecule has 0 aliphatic carbocycles. The van der Waals surface area contributed by atoms with Crippen LogP contribution in [-0.4, -0.2) is 29.8 Å². The lowest BCUT2D eigenvalue weighted by atomic mass is 10.1. The van der Waals surface area contributed by atoms with Gasteiger partial charge in [-0.25, -0.2) is 4.98 Å². The van der Waals surface area contributed by atoms with Crippen molar-refractivity contribution in [2.75, 3.05) is 17.7 Å². The van der Waals surface area contributed by atoms with Crippen molar-refractivity contribution in [3.05, 3.63) is 72.4 Å². The molecule has 0 bridgehead atoms. The smallest absolute Gasteiger partial charge is 0.314 e. The second-order valence-electron chi connectivity index (χ2n) is 7.09. The number of amides is 3. The summed E-state index contributed by atoms with van der Waals surface area (Å²) in [6, 6.07) is 11.6. The van der Waals surface area contributed by atoms with Gasteiger partial charge in [0.2, 0.25) is 5.91 Å². The first-order chi connectivity index (χ1) is 15.9. The molecule has 170 valence electrons. The number of anilines is 2. The van der Waals surface area contributed by atoms with Crippen LogP contribution in [0.1, 0.15) is 19.4 Å². The van der Waals surface area contributed by atoms with Crippen molar-refractivity contribution in [3.8, 4) is 17.1 Å². The second-order valence-corrected chi connectivity index (χ2v) is 7.09. The zero-order valence-electron chi connectivity index (χ0n) is 18.5. The number of carbonyl (C=O) groups is 3. The molecular formula is C24H24N4O5. The molecule has 0 aliphatic rings. The van der Waals surface area contributed by atoms with Crippen molar-refractivity contribution in [2.45, 2.75) is 20.3 Å². The Kier molecular flexibility index (Phi) is 7.59. The highest BCUT2D eigenvalue weighted by molar-refractivity contribution is 6.43. The molecule has 0 saturated carbocycles. The standard InChI is InChI=1S/C24H24N4O5/c1-4-15(2)26-22(29)11-16-6-5-7-17(10-16)27-23(30)24(31)28-18-8-9-19(20(12-18)32-3)21-13-25-14-33-21/h4-10,12-14H,11H2,1-3H3,(H,26,29)(H,27,30)(H,28,31)/b15-4+. The Morgan fingerprint density at radius 3 is 2.42 bits per heavy atom. The number of nitrogens with one attached hydrogen (secondary N) is 3. The third-order valence-electron chi connectivity index (χ3n) is 4.68. The lowest BCUT2D eigenvalue weighted by Crippen LogP contribution is -2.29. The van der Waals surface area contributed by atoms with Gasteiger partial charge in [-0.2, -0.15) is 0 Å². The summed E-state index contributed by atoms with van der Waals surface area (Å²) in [4.78, 5) is 40.7. The van der Waals surface area contributed by atoms with Crippen LogP contribution in [0.4, 0.5) is 11.4 Å². The highest BCUT2D eigenvalue weighted by Crippen LogP contribution is 2.32. The second kappa shape index (κ2) is 10.8. The minimum Gasteiger partial charge on any atom is -0.496 e. The summed E-state index contributed by atoms with van der Waals surface area (Å²) in [5.74, 6) is -0.911. The molecule has 0 spiro atoms. The first-order valence-electron chi connectivity index (χ1n) is 10.1. The van der Waals surface area contributed by atoms with Crippen LogP contribution in [0.25, 0.3) is 11.3 Å². The van der Waals surface area contributed by atoms with Gasteiger partial charge in [0.15, 0.2) is 12.2 Å². The molecule has 0 atom stereocenters. The highest BCUT2D eigenvalue weighted by Gasteiger charge is 2.16. The fraction of sp³-hybridized carbons (Fsp3) is 0.167. The first-order valence-corrected chi connectivity index (χ1v) is 10.1. The van der Waals surface area contributed by atoms with Crippen LogP contribution in [-0.2, 0) is 20.8 Å². The Bertz CT molecular complexity index is 1190. The molecule has 0 aliphatic heterocycles. The Morgan fingerprint density at radius 1 is 1.06 bits per heavy atom. The summed E-state index contributed by atoms with van der Waals surface area (Å²) >= 11 is 0. The van der Waals surface area contributed by atoms with E-state index in [1.54, 1.807) is 61.7 Å². The molecule has 2 aromatic carbocycles. The lowest BCUT2D eigenvalue weighted by Gasteiger charge is -2.11. The number of benzene rings is 2. The van der Waals surface area contributed by atoms with Crippen molar-refractivity contribution < 1.29 is 23.5 Å². The van der Waals surface area contributed by atoms with Gasteiger partial charge in [-0.05, 0) is 43.7 Å². The number of carbonyl (C=O) groups excluding carboxylic acids is 3. The minimum absolute atomic E-state index is 0.137. The van der Waals surface area contributed by atoms with Crippen molar-refractivity contribution in [1.29, 1.82) is 0 Å². The maximum atomic E-state index is 12.4. The maximum Gasteiger partial charge on any atom is 0.314 e. The Hall–Kier alpha value is -4.40.